The van der Waals surface area contributed by atoms with Crippen LogP contribution in [0.4, 0.5) is 0 Å². The number of H-pyrrole nitrogens is 1. The summed E-state index contributed by atoms with van der Waals surface area (Å²) in [5.74, 6) is 1.89. The summed E-state index contributed by atoms with van der Waals surface area (Å²) < 4.78 is 12.5. The number of benzene rings is 2. The number of hydrogen-bond acceptors (Lipinski definition) is 5. The van der Waals surface area contributed by atoms with Crippen LogP contribution in [0.25, 0.3) is 11.4 Å². The number of methoxy groups -OCH3 is 2. The summed E-state index contributed by atoms with van der Waals surface area (Å²) in [4.78, 5) is 0. The average molecular weight is 375 g/mol. The largest absolute Gasteiger partial charge is 0.497 e. The van der Waals surface area contributed by atoms with E-state index in [9.17, 15) is 0 Å². The van der Waals surface area contributed by atoms with Crippen molar-refractivity contribution in [2.75, 3.05) is 14.2 Å². The lowest BCUT2D eigenvalue weighted by Crippen LogP contribution is -1.97. The average Bonchev–Trinajstić information content (AvgIpc) is 3.00. The van der Waals surface area contributed by atoms with E-state index >= 15 is 0 Å². The topological polar surface area (TPSA) is 64.4 Å². The van der Waals surface area contributed by atoms with Crippen LogP contribution in [0.1, 0.15) is 5.56 Å². The summed E-state index contributed by atoms with van der Waals surface area (Å²) in [5, 5.41) is 12.0. The molecule has 1 aromatic heterocycles. The molecule has 0 aliphatic carbocycles. The van der Waals surface area contributed by atoms with Crippen LogP contribution in [-0.4, -0.2) is 35.3 Å². The minimum atomic E-state index is 0.355. The van der Waals surface area contributed by atoms with Crippen LogP contribution in [-0.2, 0) is 0 Å². The molecule has 25 heavy (non-hydrogen) atoms. The molecule has 0 saturated heterocycles. The molecule has 6 nitrogen and oxygen atoms in total. The predicted molar refractivity (Wildman–Crippen MR) is 100 cm³/mol. The third kappa shape index (κ3) is 3.57. The van der Waals surface area contributed by atoms with E-state index < -0.39 is 0 Å². The second-order valence-corrected chi connectivity index (χ2v) is 5.79. The Morgan fingerprint density at radius 3 is 2.72 bits per heavy atom. The number of nitrogens with zero attached hydrogens (tertiary/aromatic N) is 3. The van der Waals surface area contributed by atoms with Crippen molar-refractivity contribution < 1.29 is 9.47 Å². The Hall–Kier alpha value is -2.64. The molecular weight excluding hydrogens is 360 g/mol. The number of nitrogens with one attached hydrogen (secondary N) is 1. The Bertz CT molecular complexity index is 981. The van der Waals surface area contributed by atoms with Crippen molar-refractivity contribution >= 4 is 30.0 Å². The van der Waals surface area contributed by atoms with E-state index in [-0.39, 0.29) is 0 Å². The fourth-order valence-electron chi connectivity index (χ4n) is 2.28. The van der Waals surface area contributed by atoms with E-state index in [2.05, 4.69) is 15.3 Å². The predicted octanol–water partition coefficient (Wildman–Crippen LogP) is 4.16. The quantitative estimate of drug-likeness (QED) is 0.538. The summed E-state index contributed by atoms with van der Waals surface area (Å²) in [6, 6.07) is 12.8. The number of aromatic nitrogens is 3. The maximum atomic E-state index is 6.25. The number of rotatable bonds is 5. The molecule has 0 fully saturated rings. The molecular formula is C17H15ClN4O2S. The Labute approximate surface area is 154 Å². The van der Waals surface area contributed by atoms with Crippen LogP contribution in [0.2, 0.25) is 5.02 Å². The van der Waals surface area contributed by atoms with Crippen LogP contribution in [0.3, 0.4) is 0 Å². The van der Waals surface area contributed by atoms with Gasteiger partial charge >= 0.3 is 0 Å². The fourth-order valence-corrected chi connectivity index (χ4v) is 2.68. The molecule has 1 heterocycles. The molecule has 8 heteroatoms. The molecule has 0 radical (unpaired) electrons. The number of halogens is 1. The van der Waals surface area contributed by atoms with Gasteiger partial charge in [-0.3, -0.25) is 0 Å². The van der Waals surface area contributed by atoms with E-state index in [0.717, 1.165) is 11.1 Å². The van der Waals surface area contributed by atoms with Gasteiger partial charge in [0, 0.05) is 11.1 Å². The van der Waals surface area contributed by atoms with Crippen molar-refractivity contribution in [3.8, 4) is 22.9 Å². The maximum absolute atomic E-state index is 6.25. The van der Waals surface area contributed by atoms with Crippen molar-refractivity contribution in [1.82, 2.24) is 14.9 Å². The highest BCUT2D eigenvalue weighted by atomic mass is 35.5. The minimum Gasteiger partial charge on any atom is -0.497 e. The molecule has 0 unspecified atom stereocenters. The van der Waals surface area contributed by atoms with Crippen LogP contribution >= 0.6 is 23.8 Å². The van der Waals surface area contributed by atoms with Gasteiger partial charge in [0.15, 0.2) is 5.82 Å². The van der Waals surface area contributed by atoms with E-state index in [1.54, 1.807) is 26.5 Å². The fraction of sp³-hybridized carbons (Fsp3) is 0.118. The van der Waals surface area contributed by atoms with Crippen LogP contribution in [0.5, 0.6) is 11.5 Å². The second-order valence-electron chi connectivity index (χ2n) is 5.00. The molecule has 1 N–H and O–H groups in total. The maximum Gasteiger partial charge on any atom is 0.216 e. The lowest BCUT2D eigenvalue weighted by molar-refractivity contribution is 0.402. The zero-order valence-electron chi connectivity index (χ0n) is 13.6. The lowest BCUT2D eigenvalue weighted by atomic mass is 10.2. The Morgan fingerprint density at radius 1 is 1.20 bits per heavy atom. The molecule has 0 spiro atoms. The zero-order chi connectivity index (χ0) is 17.8. The summed E-state index contributed by atoms with van der Waals surface area (Å²) in [5.41, 5.74) is 1.47. The molecule has 0 amide bonds. The lowest BCUT2D eigenvalue weighted by Gasteiger charge is -2.07. The summed E-state index contributed by atoms with van der Waals surface area (Å²) >= 11 is 11.5. The SMILES string of the molecule is COc1ccc(OC)c(C=Nn2c(-c3ccccc3Cl)n[nH]c2=S)c1. The zero-order valence-corrected chi connectivity index (χ0v) is 15.1. The number of aromatic amines is 1. The molecule has 0 atom stereocenters. The number of hydrogen-bond donors (Lipinski definition) is 1. The van der Waals surface area contributed by atoms with Gasteiger partial charge in [-0.1, -0.05) is 23.7 Å². The van der Waals surface area contributed by atoms with Gasteiger partial charge in [-0.15, -0.1) is 0 Å². The van der Waals surface area contributed by atoms with Gasteiger partial charge in [0.1, 0.15) is 11.5 Å². The first-order chi connectivity index (χ1) is 12.1. The summed E-state index contributed by atoms with van der Waals surface area (Å²) in [7, 11) is 3.20. The normalized spacial score (nSPS) is 11.0. The van der Waals surface area contributed by atoms with Crippen molar-refractivity contribution in [2.45, 2.75) is 0 Å². The molecule has 0 aliphatic rings. The van der Waals surface area contributed by atoms with Gasteiger partial charge in [-0.25, -0.2) is 5.10 Å². The molecule has 2 aromatic carbocycles. The Kier molecular flexibility index (Phi) is 5.16. The molecule has 128 valence electrons. The van der Waals surface area contributed by atoms with Gasteiger partial charge in [-0.2, -0.15) is 14.9 Å². The second kappa shape index (κ2) is 7.50. The van der Waals surface area contributed by atoms with Crippen molar-refractivity contribution in [1.29, 1.82) is 0 Å². The third-order valence-corrected chi connectivity index (χ3v) is 4.11. The third-order valence-electron chi connectivity index (χ3n) is 3.51. The molecule has 0 aliphatic heterocycles. The number of ether oxygens (including phenoxy) is 2. The van der Waals surface area contributed by atoms with Crippen molar-refractivity contribution in [3.05, 3.63) is 57.8 Å². The van der Waals surface area contributed by atoms with E-state index in [4.69, 9.17) is 33.3 Å². The smallest absolute Gasteiger partial charge is 0.216 e. The van der Waals surface area contributed by atoms with Gasteiger partial charge < -0.3 is 9.47 Å². The highest BCUT2D eigenvalue weighted by Gasteiger charge is 2.11. The van der Waals surface area contributed by atoms with Gasteiger partial charge in [-0.05, 0) is 42.5 Å². The summed E-state index contributed by atoms with van der Waals surface area (Å²) in [6.07, 6.45) is 1.63. The molecule has 0 saturated carbocycles. The first-order valence-corrected chi connectivity index (χ1v) is 8.11. The highest BCUT2D eigenvalue weighted by molar-refractivity contribution is 7.71. The van der Waals surface area contributed by atoms with Crippen molar-refractivity contribution in [2.24, 2.45) is 5.10 Å². The summed E-state index contributed by atoms with van der Waals surface area (Å²) in [6.45, 7) is 0. The van der Waals surface area contributed by atoms with Crippen LogP contribution < -0.4 is 9.47 Å². The highest BCUT2D eigenvalue weighted by Crippen LogP contribution is 2.26. The minimum absolute atomic E-state index is 0.355. The molecule has 0 bridgehead atoms. The van der Waals surface area contributed by atoms with E-state index in [1.165, 1.54) is 4.68 Å². The monoisotopic (exact) mass is 374 g/mol. The Morgan fingerprint density at radius 2 is 2.00 bits per heavy atom. The van der Waals surface area contributed by atoms with Crippen molar-refractivity contribution in [3.63, 3.8) is 0 Å². The Balaban J connectivity index is 2.05. The van der Waals surface area contributed by atoms with Gasteiger partial charge in [0.25, 0.3) is 0 Å². The first-order valence-electron chi connectivity index (χ1n) is 7.32. The standard InChI is InChI=1S/C17H15ClN4O2S/c1-23-12-7-8-15(24-2)11(9-12)10-19-22-16(20-21-17(22)25)13-5-3-4-6-14(13)18/h3-10H,1-2H3,(H,21,25). The first kappa shape index (κ1) is 17.2. The van der Waals surface area contributed by atoms with Crippen LogP contribution in [0.15, 0.2) is 47.6 Å². The van der Waals surface area contributed by atoms with Gasteiger partial charge in [0.05, 0.1) is 25.5 Å². The van der Waals surface area contributed by atoms with E-state index in [1.807, 2.05) is 36.4 Å². The molecule has 3 rings (SSSR count). The van der Waals surface area contributed by atoms with Crippen LogP contribution in [0, 0.1) is 4.77 Å². The van der Waals surface area contributed by atoms with Gasteiger partial charge in [0.2, 0.25) is 4.77 Å². The van der Waals surface area contributed by atoms with E-state index in [0.29, 0.717) is 27.1 Å². The molecule has 3 aromatic rings.